The van der Waals surface area contributed by atoms with Crippen LogP contribution >= 0.6 is 0 Å². The maximum atomic E-state index is 13.1. The number of nitro benzene ring substituents is 1. The zero-order valence-electron chi connectivity index (χ0n) is 11.6. The zero-order valence-corrected chi connectivity index (χ0v) is 11.6. The minimum Gasteiger partial charge on any atom is -0.481 e. The number of amides is 1. The molecule has 1 unspecified atom stereocenters. The number of nitrogens with zero attached hydrogens (tertiary/aromatic N) is 2. The highest BCUT2D eigenvalue weighted by Gasteiger charge is 2.26. The van der Waals surface area contributed by atoms with Crippen LogP contribution in [0.3, 0.4) is 0 Å². The van der Waals surface area contributed by atoms with E-state index in [-0.39, 0.29) is 18.7 Å². The van der Waals surface area contributed by atoms with Crippen LogP contribution in [0, 0.1) is 21.8 Å². The van der Waals surface area contributed by atoms with Crippen molar-refractivity contribution in [1.82, 2.24) is 4.90 Å². The Morgan fingerprint density at radius 3 is 2.57 bits per heavy atom. The third kappa shape index (κ3) is 3.98. The van der Waals surface area contributed by atoms with Gasteiger partial charge in [-0.25, -0.2) is 4.39 Å². The van der Waals surface area contributed by atoms with Gasteiger partial charge in [-0.2, -0.15) is 0 Å². The summed E-state index contributed by atoms with van der Waals surface area (Å²) in [6.07, 6.45) is 0. The van der Waals surface area contributed by atoms with Gasteiger partial charge in [-0.05, 0) is 19.1 Å². The van der Waals surface area contributed by atoms with Gasteiger partial charge in [-0.3, -0.25) is 19.7 Å². The van der Waals surface area contributed by atoms with Gasteiger partial charge in [0.25, 0.3) is 11.6 Å². The van der Waals surface area contributed by atoms with Crippen molar-refractivity contribution in [3.8, 4) is 0 Å². The average molecular weight is 298 g/mol. The lowest BCUT2D eigenvalue weighted by atomic mass is 10.1. The van der Waals surface area contributed by atoms with Crippen molar-refractivity contribution < 1.29 is 24.0 Å². The van der Waals surface area contributed by atoms with Crippen molar-refractivity contribution in [3.05, 3.63) is 39.7 Å². The lowest BCUT2D eigenvalue weighted by molar-refractivity contribution is -0.385. The van der Waals surface area contributed by atoms with E-state index in [1.807, 2.05) is 0 Å². The number of carboxylic acid groups (broad SMARTS) is 1. The highest BCUT2D eigenvalue weighted by atomic mass is 19.1. The summed E-state index contributed by atoms with van der Waals surface area (Å²) in [4.78, 5) is 34.3. The van der Waals surface area contributed by atoms with Crippen molar-refractivity contribution in [2.24, 2.45) is 5.92 Å². The Bertz CT molecular complexity index is 576. The normalized spacial score (nSPS) is 11.8. The summed E-state index contributed by atoms with van der Waals surface area (Å²) in [5, 5.41) is 19.8. The highest BCUT2D eigenvalue weighted by molar-refractivity contribution is 5.98. The number of hydrogen-bond donors (Lipinski definition) is 1. The summed E-state index contributed by atoms with van der Waals surface area (Å²) < 4.78 is 13.1. The molecule has 1 amide bonds. The molecule has 0 aliphatic carbocycles. The maximum Gasteiger partial charge on any atom is 0.308 e. The largest absolute Gasteiger partial charge is 0.481 e. The second kappa shape index (κ2) is 6.78. The summed E-state index contributed by atoms with van der Waals surface area (Å²) in [6, 6.07) is 2.65. The molecule has 0 bridgehead atoms. The van der Waals surface area contributed by atoms with Gasteiger partial charge in [0.2, 0.25) is 0 Å². The fourth-order valence-electron chi connectivity index (χ4n) is 1.77. The Kier molecular flexibility index (Phi) is 5.34. The number of rotatable bonds is 6. The van der Waals surface area contributed by atoms with Gasteiger partial charge in [0.15, 0.2) is 0 Å². The molecular formula is C13H15FN2O5. The number of nitro groups is 1. The van der Waals surface area contributed by atoms with Crippen molar-refractivity contribution in [3.63, 3.8) is 0 Å². The molecule has 0 fully saturated rings. The smallest absolute Gasteiger partial charge is 0.308 e. The van der Waals surface area contributed by atoms with E-state index in [0.717, 1.165) is 12.1 Å². The minimum atomic E-state index is -1.07. The van der Waals surface area contributed by atoms with Crippen LogP contribution in [0.2, 0.25) is 0 Å². The lowest BCUT2D eigenvalue weighted by Gasteiger charge is -2.22. The van der Waals surface area contributed by atoms with Gasteiger partial charge >= 0.3 is 5.97 Å². The quantitative estimate of drug-likeness (QED) is 0.638. The Morgan fingerprint density at radius 2 is 2.10 bits per heavy atom. The summed E-state index contributed by atoms with van der Waals surface area (Å²) >= 11 is 0. The molecule has 1 atom stereocenters. The van der Waals surface area contributed by atoms with Gasteiger partial charge in [-0.15, -0.1) is 0 Å². The van der Waals surface area contributed by atoms with E-state index in [2.05, 4.69) is 0 Å². The summed E-state index contributed by atoms with van der Waals surface area (Å²) in [6.45, 7) is 3.16. The third-order valence-electron chi connectivity index (χ3n) is 2.97. The molecule has 0 heterocycles. The molecule has 0 saturated heterocycles. The van der Waals surface area contributed by atoms with Crippen LogP contribution in [0.4, 0.5) is 10.1 Å². The number of benzene rings is 1. The topological polar surface area (TPSA) is 101 Å². The Labute approximate surface area is 120 Å². The molecule has 8 heteroatoms. The number of aliphatic carboxylic acids is 1. The standard InChI is InChI=1S/C13H15FN2O5/c1-3-15(7-8(2)13(18)19)12(17)10-5-4-9(14)6-11(10)16(20)21/h4-6,8H,3,7H2,1-2H3,(H,18,19). The minimum absolute atomic E-state index is 0.0841. The van der Waals surface area contributed by atoms with Crippen molar-refractivity contribution in [2.75, 3.05) is 13.1 Å². The molecule has 1 aromatic rings. The van der Waals surface area contributed by atoms with Gasteiger partial charge in [0, 0.05) is 13.1 Å². The van der Waals surface area contributed by atoms with E-state index >= 15 is 0 Å². The Hall–Kier alpha value is -2.51. The first-order valence-corrected chi connectivity index (χ1v) is 6.24. The molecule has 0 spiro atoms. The van der Waals surface area contributed by atoms with Crippen molar-refractivity contribution >= 4 is 17.6 Å². The molecule has 1 N–H and O–H groups in total. The van der Waals surface area contributed by atoms with Gasteiger partial charge in [0.1, 0.15) is 11.4 Å². The van der Waals surface area contributed by atoms with E-state index < -0.39 is 34.2 Å². The van der Waals surface area contributed by atoms with Gasteiger partial charge in [-0.1, -0.05) is 6.92 Å². The number of hydrogen-bond acceptors (Lipinski definition) is 4. The average Bonchev–Trinajstić information content (AvgIpc) is 2.43. The maximum absolute atomic E-state index is 13.1. The molecule has 0 aliphatic heterocycles. The van der Waals surface area contributed by atoms with Crippen LogP contribution in [0.1, 0.15) is 24.2 Å². The zero-order chi connectivity index (χ0) is 16.2. The summed E-state index contributed by atoms with van der Waals surface area (Å²) in [5.74, 6) is -3.40. The molecule has 1 rings (SSSR count). The highest BCUT2D eigenvalue weighted by Crippen LogP contribution is 2.22. The second-order valence-corrected chi connectivity index (χ2v) is 4.50. The third-order valence-corrected chi connectivity index (χ3v) is 2.97. The molecular weight excluding hydrogens is 283 g/mol. The fraction of sp³-hybridized carbons (Fsp3) is 0.385. The van der Waals surface area contributed by atoms with E-state index in [4.69, 9.17) is 5.11 Å². The Balaban J connectivity index is 3.11. The summed E-state index contributed by atoms with van der Waals surface area (Å²) in [5.41, 5.74) is -0.901. The molecule has 0 aromatic heterocycles. The van der Waals surface area contributed by atoms with Crippen LogP contribution in [-0.2, 0) is 4.79 Å². The van der Waals surface area contributed by atoms with E-state index in [9.17, 15) is 24.1 Å². The van der Waals surface area contributed by atoms with Crippen LogP contribution in [0.15, 0.2) is 18.2 Å². The summed E-state index contributed by atoms with van der Waals surface area (Å²) in [7, 11) is 0. The second-order valence-electron chi connectivity index (χ2n) is 4.50. The number of halogens is 1. The van der Waals surface area contributed by atoms with Crippen LogP contribution < -0.4 is 0 Å². The predicted molar refractivity (Wildman–Crippen MR) is 71.4 cm³/mol. The van der Waals surface area contributed by atoms with E-state index in [0.29, 0.717) is 6.07 Å². The SMILES string of the molecule is CCN(CC(C)C(=O)O)C(=O)c1ccc(F)cc1[N+](=O)[O-]. The van der Waals surface area contributed by atoms with Crippen LogP contribution in [0.25, 0.3) is 0 Å². The first kappa shape index (κ1) is 16.5. The van der Waals surface area contributed by atoms with Gasteiger partial charge in [0.05, 0.1) is 16.9 Å². The van der Waals surface area contributed by atoms with Crippen molar-refractivity contribution in [2.45, 2.75) is 13.8 Å². The molecule has 7 nitrogen and oxygen atoms in total. The molecule has 1 aromatic carbocycles. The molecule has 0 aliphatic rings. The number of carboxylic acids is 1. The number of carbonyl (C=O) groups is 2. The lowest BCUT2D eigenvalue weighted by Crippen LogP contribution is -2.37. The van der Waals surface area contributed by atoms with Crippen LogP contribution in [0.5, 0.6) is 0 Å². The fourth-order valence-corrected chi connectivity index (χ4v) is 1.77. The van der Waals surface area contributed by atoms with Gasteiger partial charge < -0.3 is 10.0 Å². The van der Waals surface area contributed by atoms with Crippen LogP contribution in [-0.4, -0.2) is 39.9 Å². The first-order valence-electron chi connectivity index (χ1n) is 6.24. The molecule has 0 radical (unpaired) electrons. The van der Waals surface area contributed by atoms with E-state index in [1.54, 1.807) is 6.92 Å². The Morgan fingerprint density at radius 1 is 1.48 bits per heavy atom. The van der Waals surface area contributed by atoms with E-state index in [1.165, 1.54) is 11.8 Å². The molecule has 114 valence electrons. The first-order chi connectivity index (χ1) is 9.77. The van der Waals surface area contributed by atoms with Crippen molar-refractivity contribution in [1.29, 1.82) is 0 Å². The molecule has 0 saturated carbocycles. The monoisotopic (exact) mass is 298 g/mol. The molecule has 21 heavy (non-hydrogen) atoms. The number of carbonyl (C=O) groups excluding carboxylic acids is 1. The predicted octanol–water partition coefficient (Wildman–Crippen LogP) is 1.92.